The zero-order valence-corrected chi connectivity index (χ0v) is 36.2. The number of carbonyl (C=O) groups excluding carboxylic acids is 1. The van der Waals surface area contributed by atoms with E-state index in [1.807, 2.05) is 44.2 Å². The maximum absolute atomic E-state index is 14.3. The molecule has 1 N–H and O–H groups in total. The first-order valence-corrected chi connectivity index (χ1v) is 23.5. The van der Waals surface area contributed by atoms with Gasteiger partial charge in [-0.2, -0.15) is 0 Å². The number of rotatable bonds is 20. The SMILES string of the molecule is C/C(=C\CO[Si](c1ccccc1)(c1ccccc1)C(C)(C)C)C[C@H](C)C(O)[C@H](C)C(=O)[C@H](COCc1ccccc1)O[Si](C(C)C)(C(C)C)C(C)C. The summed E-state index contributed by atoms with van der Waals surface area (Å²) in [6.45, 7) is 27.2. The molecule has 3 rings (SSSR count). The second-order valence-electron chi connectivity index (χ2n) is 16.8. The number of aliphatic hydroxyl groups excluding tert-OH is 1. The van der Waals surface area contributed by atoms with Gasteiger partial charge in [-0.05, 0) is 56.9 Å². The fraction of sp³-hybridized carbons (Fsp3) is 0.533. The van der Waals surface area contributed by atoms with Crippen molar-refractivity contribution in [1.82, 2.24) is 0 Å². The number of carbonyl (C=O) groups is 1. The highest BCUT2D eigenvalue weighted by molar-refractivity contribution is 6.99. The molecule has 0 bridgehead atoms. The molecule has 7 heteroatoms. The van der Waals surface area contributed by atoms with Crippen LogP contribution in [0.4, 0.5) is 0 Å². The Morgan fingerprint density at radius 1 is 0.750 bits per heavy atom. The van der Waals surface area contributed by atoms with Gasteiger partial charge in [-0.3, -0.25) is 4.79 Å². The zero-order chi connectivity index (χ0) is 38.7. The lowest BCUT2D eigenvalue weighted by Crippen LogP contribution is -2.66. The first-order chi connectivity index (χ1) is 24.5. The van der Waals surface area contributed by atoms with Crippen molar-refractivity contribution in [3.63, 3.8) is 0 Å². The molecule has 3 aromatic carbocycles. The summed E-state index contributed by atoms with van der Waals surface area (Å²) < 4.78 is 20.3. The number of hydrogen-bond donors (Lipinski definition) is 1. The lowest BCUT2D eigenvalue weighted by Gasteiger charge is -2.44. The van der Waals surface area contributed by atoms with E-state index in [0.717, 1.165) is 11.1 Å². The highest BCUT2D eigenvalue weighted by Gasteiger charge is 2.50. The summed E-state index contributed by atoms with van der Waals surface area (Å²) in [5.41, 5.74) is 3.13. The summed E-state index contributed by atoms with van der Waals surface area (Å²) in [5.74, 6) is -0.834. The van der Waals surface area contributed by atoms with E-state index < -0.39 is 34.8 Å². The Morgan fingerprint density at radius 2 is 1.21 bits per heavy atom. The molecular formula is C45H68O5Si2. The molecule has 0 aromatic heterocycles. The van der Waals surface area contributed by atoms with Gasteiger partial charge in [0, 0.05) is 5.92 Å². The van der Waals surface area contributed by atoms with Crippen LogP contribution in [0.25, 0.3) is 0 Å². The zero-order valence-electron chi connectivity index (χ0n) is 34.2. The molecule has 0 aliphatic heterocycles. The molecule has 1 unspecified atom stereocenters. The Labute approximate surface area is 318 Å². The quantitative estimate of drug-likeness (QED) is 0.0922. The molecule has 0 aliphatic rings. The molecule has 3 aromatic rings. The molecule has 4 atom stereocenters. The number of benzene rings is 3. The van der Waals surface area contributed by atoms with E-state index in [-0.39, 0.29) is 23.3 Å². The minimum absolute atomic E-state index is 0.0807. The van der Waals surface area contributed by atoms with E-state index in [0.29, 0.717) is 36.3 Å². The van der Waals surface area contributed by atoms with Crippen molar-refractivity contribution in [2.45, 2.75) is 130 Å². The van der Waals surface area contributed by atoms with E-state index in [1.54, 1.807) is 0 Å². The number of ether oxygens (including phenoxy) is 1. The summed E-state index contributed by atoms with van der Waals surface area (Å²) in [5, 5.41) is 14.1. The average Bonchev–Trinajstić information content (AvgIpc) is 3.10. The predicted molar refractivity (Wildman–Crippen MR) is 223 cm³/mol. The molecule has 0 heterocycles. The van der Waals surface area contributed by atoms with Crippen molar-refractivity contribution in [2.24, 2.45) is 11.8 Å². The highest BCUT2D eigenvalue weighted by atomic mass is 28.4. The van der Waals surface area contributed by atoms with Crippen molar-refractivity contribution in [2.75, 3.05) is 13.2 Å². The number of ketones is 1. The predicted octanol–water partition coefficient (Wildman–Crippen LogP) is 9.88. The fourth-order valence-electron chi connectivity index (χ4n) is 8.42. The third-order valence-electron chi connectivity index (χ3n) is 11.1. The van der Waals surface area contributed by atoms with Crippen LogP contribution in [0.15, 0.2) is 103 Å². The second kappa shape index (κ2) is 19.6. The third kappa shape index (κ3) is 10.5. The molecule has 286 valence electrons. The van der Waals surface area contributed by atoms with Gasteiger partial charge in [0.15, 0.2) is 5.78 Å². The number of allylic oxidation sites excluding steroid dienone is 1. The monoisotopic (exact) mass is 744 g/mol. The average molecular weight is 745 g/mol. The van der Waals surface area contributed by atoms with Gasteiger partial charge >= 0.3 is 0 Å². The van der Waals surface area contributed by atoms with Gasteiger partial charge in [0.25, 0.3) is 8.32 Å². The summed E-state index contributed by atoms with van der Waals surface area (Å²) >= 11 is 0. The lowest BCUT2D eigenvalue weighted by molar-refractivity contribution is -0.137. The van der Waals surface area contributed by atoms with Gasteiger partial charge in [-0.1, -0.05) is 179 Å². The Bertz CT molecular complexity index is 1450. The van der Waals surface area contributed by atoms with Gasteiger partial charge in [-0.25, -0.2) is 0 Å². The van der Waals surface area contributed by atoms with Crippen molar-refractivity contribution in [1.29, 1.82) is 0 Å². The standard InChI is InChI=1S/C45H68O5Si2/c1-33(2)51(34(3)4,35(5)6)50-42(32-48-31-39-22-16-13-17-23-39)44(47)38(9)43(46)37(8)30-36(7)28-29-49-52(45(10,11)12,40-24-18-14-19-25-40)41-26-20-15-21-27-41/h13-28,33-35,37-38,42-43,46H,29-32H2,1-12H3/b36-28+/t37-,38-,42-,43?/m0/s1. The molecule has 0 saturated carbocycles. The Balaban J connectivity index is 1.79. The molecule has 0 spiro atoms. The van der Waals surface area contributed by atoms with Crippen LogP contribution in [-0.2, 0) is 25.0 Å². The first kappa shape index (κ1) is 43.7. The number of Topliss-reactive ketones (excluding diaryl/α,β-unsaturated/α-hetero) is 1. The molecule has 0 radical (unpaired) electrons. The minimum atomic E-state index is -2.66. The van der Waals surface area contributed by atoms with Crippen LogP contribution >= 0.6 is 0 Å². The van der Waals surface area contributed by atoms with Crippen LogP contribution in [0.5, 0.6) is 0 Å². The smallest absolute Gasteiger partial charge is 0.261 e. The topological polar surface area (TPSA) is 65.0 Å². The normalized spacial score (nSPS) is 15.6. The van der Waals surface area contributed by atoms with Gasteiger partial charge in [-0.15, -0.1) is 0 Å². The molecule has 0 saturated heterocycles. The Hall–Kier alpha value is -2.66. The molecule has 0 aliphatic carbocycles. The first-order valence-electron chi connectivity index (χ1n) is 19.4. The van der Waals surface area contributed by atoms with Gasteiger partial charge in [0.2, 0.25) is 8.32 Å². The Morgan fingerprint density at radius 3 is 1.65 bits per heavy atom. The second-order valence-corrected chi connectivity index (χ2v) is 26.5. The van der Waals surface area contributed by atoms with E-state index in [9.17, 15) is 9.90 Å². The minimum Gasteiger partial charge on any atom is -0.404 e. The largest absolute Gasteiger partial charge is 0.404 e. The van der Waals surface area contributed by atoms with Gasteiger partial charge in [0.1, 0.15) is 6.10 Å². The van der Waals surface area contributed by atoms with Crippen LogP contribution in [0.3, 0.4) is 0 Å². The maximum Gasteiger partial charge on any atom is 0.261 e. The van der Waals surface area contributed by atoms with Crippen LogP contribution < -0.4 is 10.4 Å². The van der Waals surface area contributed by atoms with Crippen molar-refractivity contribution in [3.8, 4) is 0 Å². The van der Waals surface area contributed by atoms with Crippen LogP contribution in [0.1, 0.15) is 95.1 Å². The maximum atomic E-state index is 14.3. The van der Waals surface area contributed by atoms with Gasteiger partial charge in [0.05, 0.1) is 25.9 Å². The molecule has 0 amide bonds. The highest BCUT2D eigenvalue weighted by Crippen LogP contribution is 2.43. The summed E-state index contributed by atoms with van der Waals surface area (Å²) in [6, 6.07) is 31.4. The lowest BCUT2D eigenvalue weighted by atomic mass is 9.85. The number of aliphatic hydroxyl groups is 1. The molecule has 0 fully saturated rings. The van der Waals surface area contributed by atoms with Crippen LogP contribution in [0, 0.1) is 11.8 Å². The Kier molecular flexibility index (Phi) is 16.5. The van der Waals surface area contributed by atoms with E-state index >= 15 is 0 Å². The summed E-state index contributed by atoms with van der Waals surface area (Å²) in [7, 11) is -5.07. The molecule has 52 heavy (non-hydrogen) atoms. The van der Waals surface area contributed by atoms with E-state index in [2.05, 4.69) is 136 Å². The molecule has 5 nitrogen and oxygen atoms in total. The van der Waals surface area contributed by atoms with E-state index in [1.165, 1.54) is 10.4 Å². The number of hydrogen-bond acceptors (Lipinski definition) is 5. The summed E-state index contributed by atoms with van der Waals surface area (Å²) in [4.78, 5) is 14.3. The summed E-state index contributed by atoms with van der Waals surface area (Å²) in [6.07, 6.45) is 1.24. The van der Waals surface area contributed by atoms with Crippen LogP contribution in [-0.4, -0.2) is 52.9 Å². The van der Waals surface area contributed by atoms with E-state index in [4.69, 9.17) is 13.6 Å². The van der Waals surface area contributed by atoms with Crippen molar-refractivity contribution >= 4 is 32.8 Å². The van der Waals surface area contributed by atoms with Crippen LogP contribution in [0.2, 0.25) is 21.7 Å². The molecular weight excluding hydrogens is 677 g/mol. The van der Waals surface area contributed by atoms with Gasteiger partial charge < -0.3 is 18.7 Å². The van der Waals surface area contributed by atoms with Crippen molar-refractivity contribution < 1.29 is 23.5 Å². The van der Waals surface area contributed by atoms with Crippen molar-refractivity contribution in [3.05, 3.63) is 108 Å². The third-order valence-corrected chi connectivity index (χ3v) is 22.2. The fourth-order valence-corrected chi connectivity index (χ4v) is 18.4.